The first kappa shape index (κ1) is 43.3. The zero-order valence-corrected chi connectivity index (χ0v) is 30.0. The van der Waals surface area contributed by atoms with Crippen LogP contribution in [0.1, 0.15) is 201 Å². The molecule has 0 aliphatic rings. The molecule has 0 fully saturated rings. The van der Waals surface area contributed by atoms with E-state index in [2.05, 4.69) is 25.0 Å². The van der Waals surface area contributed by atoms with Crippen molar-refractivity contribution < 1.29 is 17.2 Å². The van der Waals surface area contributed by atoms with Gasteiger partial charge in [0, 0.05) is 0 Å². The minimum atomic E-state index is -4.41. The molecule has 0 atom stereocenters. The molecule has 41 heavy (non-hydrogen) atoms. The van der Waals surface area contributed by atoms with Gasteiger partial charge in [0.25, 0.3) is 0 Å². The maximum absolute atomic E-state index is 9.22. The Morgan fingerprint density at radius 1 is 0.415 bits per heavy atom. The van der Waals surface area contributed by atoms with Gasteiger partial charge in [-0.3, -0.25) is 4.18 Å². The van der Waals surface area contributed by atoms with Gasteiger partial charge in [0.2, 0.25) is 10.4 Å². The fourth-order valence-corrected chi connectivity index (χ4v) is 7.78. The molecule has 0 unspecified atom stereocenters. The predicted molar refractivity (Wildman–Crippen MR) is 185 cm³/mol. The summed E-state index contributed by atoms with van der Waals surface area (Å²) in [6.07, 6.45) is 41.3. The summed E-state index contributed by atoms with van der Waals surface area (Å²) in [7, 11) is -2.86. The highest BCUT2D eigenvalue weighted by molar-refractivity contribution is 7.96. The van der Waals surface area contributed by atoms with E-state index in [9.17, 15) is 13.0 Å². The van der Waals surface area contributed by atoms with Crippen molar-refractivity contribution in [3.05, 3.63) is 0 Å². The van der Waals surface area contributed by atoms with Gasteiger partial charge in [-0.2, -0.15) is 0 Å². The first-order valence-corrected chi connectivity index (χ1v) is 21.1. The highest BCUT2D eigenvalue weighted by Crippen LogP contribution is 2.16. The minimum absolute atomic E-state index is 0.742. The molecule has 0 aromatic heterocycles. The summed E-state index contributed by atoms with van der Waals surface area (Å²) in [6.45, 7) is 6.97. The largest absolute Gasteiger partial charge is 0.726 e. The standard InChI is InChI=1S/C34H71S.CH4O4S/c1-4-7-10-13-16-17-18-19-20-21-22-25-28-31-34-35(32-29-26-23-14-11-8-5-2)33-30-27-24-15-12-9-6-3;1-5-6(2,3)4/h4-34H2,1-3H3;1H3,(H,2,3,4)/q+1;/p-1. The topological polar surface area (TPSA) is 66.4 Å². The molecule has 0 amide bonds. The molecule has 4 nitrogen and oxygen atoms in total. The molecule has 0 saturated heterocycles. The molecule has 0 aromatic rings. The van der Waals surface area contributed by atoms with Crippen LogP contribution in [0, 0.1) is 0 Å². The summed E-state index contributed by atoms with van der Waals surface area (Å²) in [5.74, 6) is 4.67. The van der Waals surface area contributed by atoms with E-state index in [0.29, 0.717) is 0 Å². The lowest BCUT2D eigenvalue weighted by Crippen LogP contribution is -2.17. The van der Waals surface area contributed by atoms with Gasteiger partial charge in [-0.25, -0.2) is 8.42 Å². The van der Waals surface area contributed by atoms with Gasteiger partial charge in [-0.1, -0.05) is 162 Å². The predicted octanol–water partition coefficient (Wildman–Crippen LogP) is 11.7. The van der Waals surface area contributed by atoms with Gasteiger partial charge in [-0.15, -0.1) is 0 Å². The van der Waals surface area contributed by atoms with Crippen molar-refractivity contribution >= 4 is 21.3 Å². The van der Waals surface area contributed by atoms with E-state index in [4.69, 9.17) is 0 Å². The van der Waals surface area contributed by atoms with E-state index in [1.807, 2.05) is 0 Å². The van der Waals surface area contributed by atoms with E-state index in [1.165, 1.54) is 180 Å². The summed E-state index contributed by atoms with van der Waals surface area (Å²) in [4.78, 5) is 0. The molecule has 0 radical (unpaired) electrons. The fourth-order valence-electron chi connectivity index (χ4n) is 5.33. The summed E-state index contributed by atoms with van der Waals surface area (Å²) in [5.41, 5.74) is 0. The Labute approximate surface area is 262 Å². The van der Waals surface area contributed by atoms with Crippen LogP contribution >= 0.6 is 0 Å². The van der Waals surface area contributed by atoms with Crippen molar-refractivity contribution in [3.63, 3.8) is 0 Å². The third-order valence-electron chi connectivity index (χ3n) is 8.06. The van der Waals surface area contributed by atoms with Crippen LogP contribution in [-0.4, -0.2) is 37.3 Å². The molecule has 0 N–H and O–H groups in total. The zero-order valence-electron chi connectivity index (χ0n) is 28.4. The lowest BCUT2D eigenvalue weighted by atomic mass is 10.0. The van der Waals surface area contributed by atoms with Gasteiger partial charge < -0.3 is 4.55 Å². The van der Waals surface area contributed by atoms with Crippen molar-refractivity contribution in [1.82, 2.24) is 0 Å². The van der Waals surface area contributed by atoms with Gasteiger partial charge in [0.05, 0.1) is 7.11 Å². The number of hydrogen-bond donors (Lipinski definition) is 0. The second-order valence-electron chi connectivity index (χ2n) is 12.1. The van der Waals surface area contributed by atoms with Crippen LogP contribution in [-0.2, 0) is 25.5 Å². The quantitative estimate of drug-likeness (QED) is 0.0324. The summed E-state index contributed by atoms with van der Waals surface area (Å²) in [6, 6.07) is 0. The Morgan fingerprint density at radius 2 is 0.585 bits per heavy atom. The van der Waals surface area contributed by atoms with Crippen molar-refractivity contribution in [2.24, 2.45) is 0 Å². The molecule has 0 bridgehead atoms. The second-order valence-corrected chi connectivity index (χ2v) is 15.7. The maximum atomic E-state index is 9.22. The fraction of sp³-hybridized carbons (Fsp3) is 1.00. The SMILES string of the molecule is CCCCCCCCCCCCCCCC[S+](CCCCCCCCC)CCCCCCCCC.COS(=O)(=O)[O-]. The normalized spacial score (nSPS) is 11.7. The van der Waals surface area contributed by atoms with Crippen LogP contribution in [0.2, 0.25) is 0 Å². The van der Waals surface area contributed by atoms with E-state index in [1.54, 1.807) is 17.3 Å². The highest BCUT2D eigenvalue weighted by Gasteiger charge is 2.16. The van der Waals surface area contributed by atoms with E-state index < -0.39 is 10.4 Å². The lowest BCUT2D eigenvalue weighted by Gasteiger charge is -2.10. The Kier molecular flexibility index (Phi) is 38.5. The van der Waals surface area contributed by atoms with Crippen LogP contribution < -0.4 is 0 Å². The van der Waals surface area contributed by atoms with Crippen molar-refractivity contribution in [2.45, 2.75) is 201 Å². The van der Waals surface area contributed by atoms with E-state index in [-0.39, 0.29) is 0 Å². The monoisotopic (exact) mass is 623 g/mol. The van der Waals surface area contributed by atoms with Crippen LogP contribution in [0.15, 0.2) is 0 Å². The first-order valence-electron chi connectivity index (χ1n) is 18.1. The molecule has 0 rings (SSSR count). The summed E-state index contributed by atoms with van der Waals surface area (Å²) >= 11 is 0. The molecule has 0 heterocycles. The molecule has 0 aromatic carbocycles. The Morgan fingerprint density at radius 3 is 0.756 bits per heavy atom. The average molecular weight is 623 g/mol. The summed E-state index contributed by atoms with van der Waals surface area (Å²) < 4.78 is 31.0. The molecule has 0 aliphatic heterocycles. The molecular formula is C35H74O4S2. The van der Waals surface area contributed by atoms with Gasteiger partial charge in [0.15, 0.2) is 0 Å². The average Bonchev–Trinajstić information content (AvgIpc) is 2.95. The zero-order chi connectivity index (χ0) is 30.7. The second kappa shape index (κ2) is 36.4. The molecular weight excluding hydrogens is 549 g/mol. The van der Waals surface area contributed by atoms with Crippen LogP contribution in [0.4, 0.5) is 0 Å². The Balaban J connectivity index is 0. The smallest absolute Gasteiger partial charge is 0.217 e. The van der Waals surface area contributed by atoms with E-state index in [0.717, 1.165) is 18.0 Å². The third-order valence-corrected chi connectivity index (χ3v) is 11.1. The number of rotatable bonds is 32. The van der Waals surface area contributed by atoms with Gasteiger partial charge in [-0.05, 0) is 49.4 Å². The molecule has 0 spiro atoms. The first-order chi connectivity index (χ1) is 19.9. The van der Waals surface area contributed by atoms with Gasteiger partial charge >= 0.3 is 0 Å². The Hall–Kier alpha value is 0.220. The van der Waals surface area contributed by atoms with Crippen LogP contribution in [0.25, 0.3) is 0 Å². The van der Waals surface area contributed by atoms with Crippen molar-refractivity contribution in [1.29, 1.82) is 0 Å². The number of unbranched alkanes of at least 4 members (excludes halogenated alkanes) is 25. The molecule has 250 valence electrons. The van der Waals surface area contributed by atoms with Crippen molar-refractivity contribution in [3.8, 4) is 0 Å². The van der Waals surface area contributed by atoms with E-state index >= 15 is 0 Å². The molecule has 0 saturated carbocycles. The number of hydrogen-bond acceptors (Lipinski definition) is 4. The van der Waals surface area contributed by atoms with Crippen LogP contribution in [0.5, 0.6) is 0 Å². The lowest BCUT2D eigenvalue weighted by molar-refractivity contribution is 0.314. The maximum Gasteiger partial charge on any atom is 0.217 e. The van der Waals surface area contributed by atoms with Gasteiger partial charge in [0.1, 0.15) is 17.3 Å². The minimum Gasteiger partial charge on any atom is -0.726 e. The third kappa shape index (κ3) is 42.4. The molecule has 0 aliphatic carbocycles. The van der Waals surface area contributed by atoms with Crippen molar-refractivity contribution in [2.75, 3.05) is 24.4 Å². The van der Waals surface area contributed by atoms with Crippen LogP contribution in [0.3, 0.4) is 0 Å². The molecule has 6 heteroatoms. The summed E-state index contributed by atoms with van der Waals surface area (Å²) in [5, 5.41) is 0. The Bertz CT molecular complexity index is 551. The highest BCUT2D eigenvalue weighted by atomic mass is 32.3.